The molecule has 0 spiro atoms. The fraction of sp³-hybridized carbons (Fsp3) is 0.462. The Kier molecular flexibility index (Phi) is 4.24. The first kappa shape index (κ1) is 16.4. The lowest BCUT2D eigenvalue weighted by Crippen LogP contribution is -2.18. The Morgan fingerprint density at radius 2 is 2.00 bits per heavy atom. The molecule has 0 unspecified atom stereocenters. The molecule has 0 radical (unpaired) electrons. The SMILES string of the molecule is FC(F)CNc1nc(Nc2cn[nH]c2C2CC2)ncc1C(F)(F)F. The summed E-state index contributed by atoms with van der Waals surface area (Å²) in [5.74, 6) is -0.513. The van der Waals surface area contributed by atoms with Crippen LogP contribution >= 0.6 is 0 Å². The van der Waals surface area contributed by atoms with Gasteiger partial charge in [-0.2, -0.15) is 23.3 Å². The average molecular weight is 348 g/mol. The van der Waals surface area contributed by atoms with E-state index in [1.54, 1.807) is 0 Å². The molecule has 1 fully saturated rings. The van der Waals surface area contributed by atoms with Crippen LogP contribution in [0.4, 0.5) is 39.4 Å². The van der Waals surface area contributed by atoms with Crippen molar-refractivity contribution in [2.75, 3.05) is 17.2 Å². The standard InChI is InChI=1S/C13H13F5N6/c14-9(15)5-19-11-7(13(16,17)18)3-20-12(23-11)22-8-4-21-24-10(8)6-1-2-6/h3-4,6,9H,1-2,5H2,(H,21,24)(H2,19,20,22,23). The van der Waals surface area contributed by atoms with Crippen molar-refractivity contribution in [3.05, 3.63) is 23.7 Å². The van der Waals surface area contributed by atoms with Crippen LogP contribution in [0, 0.1) is 0 Å². The number of H-pyrrole nitrogens is 1. The highest BCUT2D eigenvalue weighted by Crippen LogP contribution is 2.42. The lowest BCUT2D eigenvalue weighted by molar-refractivity contribution is -0.137. The minimum atomic E-state index is -4.75. The minimum absolute atomic E-state index is 0.136. The van der Waals surface area contributed by atoms with Crippen molar-refractivity contribution in [1.82, 2.24) is 20.2 Å². The van der Waals surface area contributed by atoms with Crippen LogP contribution in [0.25, 0.3) is 0 Å². The van der Waals surface area contributed by atoms with Gasteiger partial charge in [-0.25, -0.2) is 13.8 Å². The van der Waals surface area contributed by atoms with Gasteiger partial charge in [0, 0.05) is 12.1 Å². The zero-order valence-electron chi connectivity index (χ0n) is 12.2. The fourth-order valence-electron chi connectivity index (χ4n) is 2.16. The molecule has 130 valence electrons. The van der Waals surface area contributed by atoms with E-state index < -0.39 is 30.5 Å². The molecule has 11 heteroatoms. The molecule has 0 aliphatic heterocycles. The third-order valence-corrected chi connectivity index (χ3v) is 3.42. The van der Waals surface area contributed by atoms with Crippen molar-refractivity contribution in [3.63, 3.8) is 0 Å². The molecule has 24 heavy (non-hydrogen) atoms. The van der Waals surface area contributed by atoms with Crippen molar-refractivity contribution in [3.8, 4) is 0 Å². The maximum absolute atomic E-state index is 12.9. The molecule has 0 atom stereocenters. The van der Waals surface area contributed by atoms with Gasteiger partial charge >= 0.3 is 6.18 Å². The Morgan fingerprint density at radius 3 is 2.62 bits per heavy atom. The fourth-order valence-corrected chi connectivity index (χ4v) is 2.16. The second kappa shape index (κ2) is 6.21. The van der Waals surface area contributed by atoms with Gasteiger partial charge in [-0.05, 0) is 12.8 Å². The van der Waals surface area contributed by atoms with Crippen LogP contribution in [0.3, 0.4) is 0 Å². The number of hydrogen-bond acceptors (Lipinski definition) is 5. The van der Waals surface area contributed by atoms with Crippen LogP contribution in [0.5, 0.6) is 0 Å². The van der Waals surface area contributed by atoms with E-state index in [1.807, 2.05) is 5.32 Å². The molecule has 0 aromatic carbocycles. The number of anilines is 3. The van der Waals surface area contributed by atoms with Gasteiger partial charge in [0.25, 0.3) is 6.43 Å². The molecule has 2 heterocycles. The molecule has 0 bridgehead atoms. The number of aromatic amines is 1. The van der Waals surface area contributed by atoms with Crippen LogP contribution in [-0.4, -0.2) is 33.1 Å². The number of rotatable bonds is 6. The number of aromatic nitrogens is 4. The van der Waals surface area contributed by atoms with Crippen LogP contribution in [0.1, 0.15) is 30.0 Å². The lowest BCUT2D eigenvalue weighted by atomic mass is 10.2. The van der Waals surface area contributed by atoms with E-state index in [1.165, 1.54) is 6.20 Å². The second-order valence-electron chi connectivity index (χ2n) is 5.32. The van der Waals surface area contributed by atoms with E-state index in [0.29, 0.717) is 17.8 Å². The van der Waals surface area contributed by atoms with Crippen molar-refractivity contribution in [1.29, 1.82) is 0 Å². The molecular formula is C13H13F5N6. The molecule has 3 N–H and O–H groups in total. The molecule has 0 amide bonds. The molecular weight excluding hydrogens is 335 g/mol. The van der Waals surface area contributed by atoms with Crippen LogP contribution in [0.15, 0.2) is 12.4 Å². The summed E-state index contributed by atoms with van der Waals surface area (Å²) >= 11 is 0. The van der Waals surface area contributed by atoms with Crippen molar-refractivity contribution in [2.45, 2.75) is 31.4 Å². The third-order valence-electron chi connectivity index (χ3n) is 3.42. The van der Waals surface area contributed by atoms with E-state index in [2.05, 4.69) is 25.5 Å². The molecule has 1 aliphatic carbocycles. The van der Waals surface area contributed by atoms with Crippen LogP contribution in [0.2, 0.25) is 0 Å². The van der Waals surface area contributed by atoms with E-state index in [-0.39, 0.29) is 5.95 Å². The van der Waals surface area contributed by atoms with E-state index >= 15 is 0 Å². The summed E-state index contributed by atoms with van der Waals surface area (Å²) in [4.78, 5) is 7.30. The topological polar surface area (TPSA) is 78.5 Å². The van der Waals surface area contributed by atoms with Crippen LogP contribution in [-0.2, 0) is 6.18 Å². The van der Waals surface area contributed by atoms with E-state index in [9.17, 15) is 22.0 Å². The van der Waals surface area contributed by atoms with Gasteiger partial charge < -0.3 is 10.6 Å². The predicted molar refractivity (Wildman–Crippen MR) is 75.4 cm³/mol. The number of nitrogens with zero attached hydrogens (tertiary/aromatic N) is 3. The minimum Gasteiger partial charge on any atom is -0.364 e. The first-order chi connectivity index (χ1) is 11.3. The van der Waals surface area contributed by atoms with Crippen LogP contribution < -0.4 is 10.6 Å². The molecule has 1 aliphatic rings. The molecule has 2 aromatic rings. The first-order valence-electron chi connectivity index (χ1n) is 7.11. The summed E-state index contributed by atoms with van der Waals surface area (Å²) < 4.78 is 63.3. The predicted octanol–water partition coefficient (Wildman–Crippen LogP) is 3.52. The van der Waals surface area contributed by atoms with E-state index in [4.69, 9.17) is 0 Å². The lowest BCUT2D eigenvalue weighted by Gasteiger charge is -2.14. The summed E-state index contributed by atoms with van der Waals surface area (Å²) in [6.07, 6.45) is -3.55. The largest absolute Gasteiger partial charge is 0.421 e. The summed E-state index contributed by atoms with van der Waals surface area (Å²) in [6.45, 7) is -0.946. The van der Waals surface area contributed by atoms with Gasteiger partial charge in [-0.3, -0.25) is 5.10 Å². The number of halogens is 5. The van der Waals surface area contributed by atoms with Gasteiger partial charge in [0.15, 0.2) is 0 Å². The van der Waals surface area contributed by atoms with Crippen molar-refractivity contribution < 1.29 is 22.0 Å². The molecule has 0 saturated heterocycles. The summed E-state index contributed by atoms with van der Waals surface area (Å²) in [6, 6.07) is 0. The van der Waals surface area contributed by atoms with Crippen molar-refractivity contribution in [2.24, 2.45) is 0 Å². The van der Waals surface area contributed by atoms with Gasteiger partial charge in [-0.1, -0.05) is 0 Å². The summed E-state index contributed by atoms with van der Waals surface area (Å²) in [7, 11) is 0. The zero-order chi connectivity index (χ0) is 17.3. The number of alkyl halides is 5. The normalized spacial score (nSPS) is 14.9. The monoisotopic (exact) mass is 348 g/mol. The van der Waals surface area contributed by atoms with Crippen molar-refractivity contribution >= 4 is 17.5 Å². The van der Waals surface area contributed by atoms with E-state index in [0.717, 1.165) is 18.5 Å². The zero-order valence-corrected chi connectivity index (χ0v) is 12.2. The highest BCUT2D eigenvalue weighted by atomic mass is 19.4. The quantitative estimate of drug-likeness (QED) is 0.696. The Labute approximate surface area is 132 Å². The Balaban J connectivity index is 1.85. The van der Waals surface area contributed by atoms with Gasteiger partial charge in [0.1, 0.15) is 11.4 Å². The van der Waals surface area contributed by atoms with Gasteiger partial charge in [-0.15, -0.1) is 0 Å². The summed E-state index contributed by atoms with van der Waals surface area (Å²) in [5.41, 5.74) is 0.168. The average Bonchev–Trinajstić information content (AvgIpc) is 3.24. The molecule has 1 saturated carbocycles. The second-order valence-corrected chi connectivity index (χ2v) is 5.32. The van der Waals surface area contributed by atoms with Gasteiger partial charge in [0.05, 0.1) is 24.1 Å². The maximum atomic E-state index is 12.9. The maximum Gasteiger partial charge on any atom is 0.421 e. The molecule has 2 aromatic heterocycles. The molecule has 3 rings (SSSR count). The number of nitrogens with one attached hydrogen (secondary N) is 3. The summed E-state index contributed by atoms with van der Waals surface area (Å²) in [5, 5.41) is 11.5. The third kappa shape index (κ3) is 3.71. The Hall–Kier alpha value is -2.46. The molecule has 6 nitrogen and oxygen atoms in total. The highest BCUT2D eigenvalue weighted by Gasteiger charge is 2.35. The smallest absolute Gasteiger partial charge is 0.364 e. The first-order valence-corrected chi connectivity index (χ1v) is 7.11. The Morgan fingerprint density at radius 1 is 1.25 bits per heavy atom. The highest BCUT2D eigenvalue weighted by molar-refractivity contribution is 5.59. The van der Waals surface area contributed by atoms with Gasteiger partial charge in [0.2, 0.25) is 5.95 Å². The number of hydrogen-bond donors (Lipinski definition) is 3. The Bertz CT molecular complexity index is 709.